The summed E-state index contributed by atoms with van der Waals surface area (Å²) in [5.74, 6) is 1.36. The highest BCUT2D eigenvalue weighted by Gasteiger charge is 2.36. The van der Waals surface area contributed by atoms with Gasteiger partial charge in [-0.15, -0.1) is 0 Å². The van der Waals surface area contributed by atoms with Gasteiger partial charge in [-0.2, -0.15) is 0 Å². The molecule has 1 fully saturated rings. The van der Waals surface area contributed by atoms with Crippen LogP contribution in [0.15, 0.2) is 42.5 Å². The minimum absolute atomic E-state index is 0.0479. The number of aromatic nitrogens is 1. The molecule has 4 aromatic rings. The molecule has 7 heteroatoms. The van der Waals surface area contributed by atoms with Gasteiger partial charge in [0.25, 0.3) is 0 Å². The smallest absolute Gasteiger partial charge is 0.198 e. The van der Waals surface area contributed by atoms with Gasteiger partial charge in [-0.25, -0.2) is 4.98 Å². The number of benzene rings is 3. The number of carbonyl (C=O) groups is 2. The fourth-order valence-corrected chi connectivity index (χ4v) is 8.13. The first-order chi connectivity index (χ1) is 25.0. The number of nitrogens with zero attached hydrogens (tertiary/aromatic N) is 1. The minimum atomic E-state index is -0.522. The van der Waals surface area contributed by atoms with Crippen LogP contribution in [0.5, 0.6) is 23.0 Å². The van der Waals surface area contributed by atoms with Crippen molar-refractivity contribution in [1.29, 1.82) is 0 Å². The third-order valence-electron chi connectivity index (χ3n) is 11.1. The Hall–Kier alpha value is -4.65. The molecule has 2 N–H and O–H groups in total. The number of carbonyl (C=O) groups excluding carboxylic acids is 2. The van der Waals surface area contributed by atoms with Crippen molar-refractivity contribution in [3.8, 4) is 45.4 Å². The Labute approximate surface area is 308 Å². The van der Waals surface area contributed by atoms with Crippen LogP contribution < -0.4 is 9.47 Å². The summed E-state index contributed by atoms with van der Waals surface area (Å²) >= 11 is 0. The molecular formula is C45H53NO6. The Kier molecular flexibility index (Phi) is 11.4. The molecule has 2 aliphatic carbocycles. The van der Waals surface area contributed by atoms with Crippen molar-refractivity contribution < 1.29 is 29.3 Å². The van der Waals surface area contributed by atoms with Gasteiger partial charge in [-0.05, 0) is 124 Å². The predicted octanol–water partition coefficient (Wildman–Crippen LogP) is 10.8. The summed E-state index contributed by atoms with van der Waals surface area (Å²) < 4.78 is 12.4. The zero-order valence-electron chi connectivity index (χ0n) is 31.7. The fourth-order valence-electron chi connectivity index (χ4n) is 8.13. The van der Waals surface area contributed by atoms with Crippen molar-refractivity contribution in [2.45, 2.75) is 106 Å². The van der Waals surface area contributed by atoms with Crippen molar-refractivity contribution in [3.63, 3.8) is 0 Å². The number of aryl methyl sites for hydroxylation is 4. The molecule has 1 heterocycles. The van der Waals surface area contributed by atoms with Crippen LogP contribution in [-0.4, -0.2) is 40.0 Å². The second-order valence-corrected chi connectivity index (χ2v) is 15.0. The number of phenols is 2. The van der Waals surface area contributed by atoms with E-state index in [1.807, 2.05) is 45.9 Å². The number of hydrogen-bond acceptors (Lipinski definition) is 7. The van der Waals surface area contributed by atoms with Crippen LogP contribution in [0.1, 0.15) is 132 Å². The summed E-state index contributed by atoms with van der Waals surface area (Å²) in [7, 11) is 0. The highest BCUT2D eigenvalue weighted by atomic mass is 16.5. The molecule has 0 amide bonds. The first-order valence-corrected chi connectivity index (χ1v) is 19.2. The number of fused-ring (bicyclic) bond motifs is 2. The third-order valence-corrected chi connectivity index (χ3v) is 11.1. The Morgan fingerprint density at radius 1 is 0.654 bits per heavy atom. The van der Waals surface area contributed by atoms with E-state index in [0.717, 1.165) is 52.5 Å². The summed E-state index contributed by atoms with van der Waals surface area (Å²) in [5, 5.41) is 23.1. The largest absolute Gasteiger partial charge is 0.507 e. The lowest BCUT2D eigenvalue weighted by Crippen LogP contribution is -2.21. The first kappa shape index (κ1) is 37.1. The van der Waals surface area contributed by atoms with E-state index in [-0.39, 0.29) is 33.8 Å². The maximum absolute atomic E-state index is 14.0. The molecule has 0 atom stereocenters. The van der Waals surface area contributed by atoms with Crippen LogP contribution in [-0.2, 0) is 0 Å². The van der Waals surface area contributed by atoms with Gasteiger partial charge in [-0.1, -0.05) is 58.8 Å². The number of ketones is 2. The molecule has 0 bridgehead atoms. The number of pyridine rings is 1. The van der Waals surface area contributed by atoms with E-state index in [9.17, 15) is 19.8 Å². The minimum Gasteiger partial charge on any atom is -0.507 e. The summed E-state index contributed by atoms with van der Waals surface area (Å²) in [5.41, 5.74) is 5.42. The zero-order chi connectivity index (χ0) is 37.1. The van der Waals surface area contributed by atoms with Crippen molar-refractivity contribution >= 4 is 11.6 Å². The van der Waals surface area contributed by atoms with E-state index in [2.05, 4.69) is 13.8 Å². The van der Waals surface area contributed by atoms with E-state index in [1.54, 1.807) is 24.3 Å². The van der Waals surface area contributed by atoms with Gasteiger partial charge in [0.15, 0.2) is 11.6 Å². The predicted molar refractivity (Wildman–Crippen MR) is 206 cm³/mol. The third kappa shape index (κ3) is 7.33. The Morgan fingerprint density at radius 3 is 1.79 bits per heavy atom. The number of rotatable bonds is 13. The standard InChI is InChI=1S/C45H53NO6/c1-7-9-11-12-30-13-15-31(16-14-30)25-52-45-28(5)24-37(46-29(45)6)34-18-20-36-39(41(34)48)43(50)35-19-17-33(40(47)38(35)42(36)49)32-22-26(3)44(27(4)23-32)51-21-10-8-2/h17-20,22-24,30-31,47-48H,7-16,21,25H2,1-6H3. The normalized spacial score (nSPS) is 16.8. The molecule has 7 nitrogen and oxygen atoms in total. The molecule has 0 aliphatic heterocycles. The van der Waals surface area contributed by atoms with Crippen molar-refractivity contribution in [1.82, 2.24) is 4.98 Å². The molecule has 0 spiro atoms. The lowest BCUT2D eigenvalue weighted by atomic mass is 9.80. The Bertz CT molecular complexity index is 1940. The van der Waals surface area contributed by atoms with Crippen LogP contribution in [0.2, 0.25) is 0 Å². The molecule has 0 saturated heterocycles. The zero-order valence-corrected chi connectivity index (χ0v) is 31.7. The van der Waals surface area contributed by atoms with Gasteiger partial charge in [0, 0.05) is 22.3 Å². The van der Waals surface area contributed by atoms with Crippen LogP contribution in [0, 0.1) is 39.5 Å². The summed E-state index contributed by atoms with van der Waals surface area (Å²) in [6.45, 7) is 13.4. The van der Waals surface area contributed by atoms with E-state index < -0.39 is 11.6 Å². The van der Waals surface area contributed by atoms with Gasteiger partial charge in [-0.3, -0.25) is 9.59 Å². The van der Waals surface area contributed by atoms with Crippen LogP contribution >= 0.6 is 0 Å². The second kappa shape index (κ2) is 15.9. The van der Waals surface area contributed by atoms with Gasteiger partial charge in [0.05, 0.1) is 35.7 Å². The number of phenolic OH excluding ortho intramolecular Hbond substituents is 2. The molecule has 1 aromatic heterocycles. The maximum Gasteiger partial charge on any atom is 0.198 e. The average molecular weight is 704 g/mol. The highest BCUT2D eigenvalue weighted by molar-refractivity contribution is 6.31. The molecule has 3 aromatic carbocycles. The number of aromatic hydroxyl groups is 2. The second-order valence-electron chi connectivity index (χ2n) is 15.0. The lowest BCUT2D eigenvalue weighted by Gasteiger charge is -2.29. The maximum atomic E-state index is 14.0. The fraction of sp³-hybridized carbons (Fsp3) is 0.444. The molecule has 0 radical (unpaired) electrons. The number of unbranched alkanes of at least 4 members (excludes halogenated alkanes) is 3. The molecule has 6 rings (SSSR count). The van der Waals surface area contributed by atoms with E-state index in [4.69, 9.17) is 14.5 Å². The molecule has 274 valence electrons. The Balaban J connectivity index is 1.22. The summed E-state index contributed by atoms with van der Waals surface area (Å²) in [6.07, 6.45) is 12.2. The SMILES string of the molecule is CCCCCC1CCC(COc2c(C)cc(-c3ccc4c(c3O)C(=O)c3ccc(-c5cc(C)c(OCCCC)c(C)c5)c(O)c3C4=O)nc2C)CC1. The monoisotopic (exact) mass is 703 g/mol. The van der Waals surface area contributed by atoms with Gasteiger partial charge >= 0.3 is 0 Å². The Morgan fingerprint density at radius 2 is 1.19 bits per heavy atom. The molecule has 2 aliphatic rings. The topological polar surface area (TPSA) is 106 Å². The van der Waals surface area contributed by atoms with Gasteiger partial charge in [0.2, 0.25) is 0 Å². The lowest BCUT2D eigenvalue weighted by molar-refractivity contribution is 0.0974. The number of ether oxygens (including phenoxy) is 2. The van der Waals surface area contributed by atoms with Crippen molar-refractivity contribution in [2.24, 2.45) is 11.8 Å². The van der Waals surface area contributed by atoms with Crippen molar-refractivity contribution in [3.05, 3.63) is 87.1 Å². The van der Waals surface area contributed by atoms with Crippen LogP contribution in [0.4, 0.5) is 0 Å². The first-order valence-electron chi connectivity index (χ1n) is 19.2. The van der Waals surface area contributed by atoms with Gasteiger partial charge < -0.3 is 19.7 Å². The quantitative estimate of drug-likeness (QED) is 0.118. The van der Waals surface area contributed by atoms with Crippen molar-refractivity contribution in [2.75, 3.05) is 13.2 Å². The highest BCUT2D eigenvalue weighted by Crippen LogP contribution is 2.45. The number of hydrogen-bond donors (Lipinski definition) is 2. The molecule has 0 unspecified atom stereocenters. The molecular weight excluding hydrogens is 650 g/mol. The van der Waals surface area contributed by atoms with Gasteiger partial charge in [0.1, 0.15) is 23.0 Å². The average Bonchev–Trinajstić information content (AvgIpc) is 3.11. The van der Waals surface area contributed by atoms with Crippen LogP contribution in [0.25, 0.3) is 22.4 Å². The molecule has 1 saturated carbocycles. The molecule has 52 heavy (non-hydrogen) atoms. The van der Waals surface area contributed by atoms with E-state index >= 15 is 0 Å². The van der Waals surface area contributed by atoms with E-state index in [1.165, 1.54) is 51.4 Å². The summed E-state index contributed by atoms with van der Waals surface area (Å²) in [4.78, 5) is 32.7. The van der Waals surface area contributed by atoms with E-state index in [0.29, 0.717) is 41.6 Å². The van der Waals surface area contributed by atoms with Crippen LogP contribution in [0.3, 0.4) is 0 Å². The summed E-state index contributed by atoms with van der Waals surface area (Å²) in [6, 6.07) is 12.1.